The van der Waals surface area contributed by atoms with Gasteiger partial charge in [0.05, 0.1) is 6.61 Å². The van der Waals surface area contributed by atoms with Gasteiger partial charge < -0.3 is 14.8 Å². The van der Waals surface area contributed by atoms with Crippen LogP contribution in [0.1, 0.15) is 31.4 Å². The first-order chi connectivity index (χ1) is 14.5. The Bertz CT molecular complexity index is 979. The lowest BCUT2D eigenvalue weighted by Gasteiger charge is -2.16. The number of anilines is 1. The normalized spacial score (nSPS) is 10.8. The van der Waals surface area contributed by atoms with Crippen LogP contribution < -0.4 is 14.8 Å². The molecule has 0 saturated heterocycles. The van der Waals surface area contributed by atoms with E-state index in [-0.39, 0.29) is 6.61 Å². The second kappa shape index (κ2) is 10.8. The average Bonchev–Trinajstić information content (AvgIpc) is 3.16. The third-order valence-corrected chi connectivity index (χ3v) is 5.70. The second-order valence-electron chi connectivity index (χ2n) is 6.39. The quantitative estimate of drug-likeness (QED) is 0.371. The summed E-state index contributed by atoms with van der Waals surface area (Å²) in [7, 11) is 0. The molecule has 0 fully saturated rings. The summed E-state index contributed by atoms with van der Waals surface area (Å²) in [6.07, 6.45) is 0.944. The maximum absolute atomic E-state index is 6.25. The highest BCUT2D eigenvalue weighted by Gasteiger charge is 2.14. The Labute approximate surface area is 193 Å². The van der Waals surface area contributed by atoms with Crippen LogP contribution in [0.15, 0.2) is 34.8 Å². The van der Waals surface area contributed by atoms with E-state index in [4.69, 9.17) is 32.7 Å². The van der Waals surface area contributed by atoms with Crippen LogP contribution in [0.25, 0.3) is 0 Å². The number of rotatable bonds is 10. The van der Waals surface area contributed by atoms with Gasteiger partial charge in [0.1, 0.15) is 6.61 Å². The topological polar surface area (TPSA) is 74.1 Å². The minimum Gasteiger partial charge on any atom is -0.490 e. The summed E-state index contributed by atoms with van der Waals surface area (Å²) < 4.78 is 14.4. The predicted molar refractivity (Wildman–Crippen MR) is 122 cm³/mol. The lowest BCUT2D eigenvalue weighted by atomic mass is 10.2. The molecule has 0 amide bonds. The predicted octanol–water partition coefficient (Wildman–Crippen LogP) is 5.74. The maximum Gasteiger partial charge on any atom is 0.243 e. The Morgan fingerprint density at radius 1 is 1.10 bits per heavy atom. The highest BCUT2D eigenvalue weighted by molar-refractivity contribution is 9.10. The van der Waals surface area contributed by atoms with Crippen LogP contribution in [-0.2, 0) is 19.7 Å². The Morgan fingerprint density at radius 3 is 2.53 bits per heavy atom. The highest BCUT2D eigenvalue weighted by Crippen LogP contribution is 2.36. The number of hydrogen-bond donors (Lipinski definition) is 1. The van der Waals surface area contributed by atoms with Gasteiger partial charge in [-0.05, 0) is 53.6 Å². The molecule has 3 rings (SSSR count). The molecule has 3 aromatic rings. The van der Waals surface area contributed by atoms with Gasteiger partial charge in [0.25, 0.3) is 0 Å². The first-order valence-corrected chi connectivity index (χ1v) is 11.1. The van der Waals surface area contributed by atoms with Crippen LogP contribution in [0.4, 0.5) is 5.95 Å². The zero-order valence-electron chi connectivity index (χ0n) is 16.7. The largest absolute Gasteiger partial charge is 0.490 e. The number of hydrogen-bond acceptors (Lipinski definition) is 6. The Kier molecular flexibility index (Phi) is 8.18. The first-order valence-electron chi connectivity index (χ1n) is 9.54. The summed E-state index contributed by atoms with van der Waals surface area (Å²) in [5.41, 5.74) is 1.71. The lowest BCUT2D eigenvalue weighted by Crippen LogP contribution is -2.09. The van der Waals surface area contributed by atoms with E-state index in [0.717, 1.165) is 28.6 Å². The van der Waals surface area contributed by atoms with Gasteiger partial charge in [-0.1, -0.05) is 57.2 Å². The molecule has 1 aromatic heterocycles. The fourth-order valence-corrected chi connectivity index (χ4v) is 3.75. The van der Waals surface area contributed by atoms with Crippen LogP contribution in [0, 0.1) is 0 Å². The van der Waals surface area contributed by atoms with Gasteiger partial charge in [-0.2, -0.15) is 0 Å². The van der Waals surface area contributed by atoms with Gasteiger partial charge in [-0.3, -0.25) is 0 Å². The molecule has 2 aromatic carbocycles. The number of benzene rings is 2. The molecule has 0 spiro atoms. The number of nitrogens with one attached hydrogen (secondary N) is 1. The molecular weight excluding hydrogens is 493 g/mol. The van der Waals surface area contributed by atoms with Crippen molar-refractivity contribution in [2.75, 3.05) is 11.9 Å². The van der Waals surface area contributed by atoms with Gasteiger partial charge in [0.2, 0.25) is 5.95 Å². The molecule has 0 bridgehead atoms. The van der Waals surface area contributed by atoms with Crippen molar-refractivity contribution in [1.29, 1.82) is 0 Å². The van der Waals surface area contributed by atoms with Crippen molar-refractivity contribution in [2.24, 2.45) is 0 Å². The van der Waals surface area contributed by atoms with E-state index < -0.39 is 0 Å². The minimum atomic E-state index is 0.231. The first kappa shape index (κ1) is 22.7. The number of aromatic nitrogens is 4. The highest BCUT2D eigenvalue weighted by atomic mass is 79.9. The van der Waals surface area contributed by atoms with Crippen molar-refractivity contribution in [1.82, 2.24) is 20.2 Å². The van der Waals surface area contributed by atoms with Gasteiger partial charge in [-0.15, -0.1) is 0 Å². The molecule has 0 aliphatic rings. The zero-order chi connectivity index (χ0) is 21.5. The third kappa shape index (κ3) is 5.56. The summed E-state index contributed by atoms with van der Waals surface area (Å²) in [6.45, 7) is 6.00. The Morgan fingerprint density at radius 2 is 1.83 bits per heavy atom. The van der Waals surface area contributed by atoms with E-state index in [1.54, 1.807) is 22.9 Å². The van der Waals surface area contributed by atoms with Gasteiger partial charge >= 0.3 is 0 Å². The SMILES string of the molecule is CCCn1nnnc1NCc1cc(OCC)c(OCc2c(Cl)cccc2Cl)cc1Br. The van der Waals surface area contributed by atoms with E-state index >= 15 is 0 Å². The van der Waals surface area contributed by atoms with Crippen LogP contribution in [-0.4, -0.2) is 26.8 Å². The maximum atomic E-state index is 6.25. The fourth-order valence-electron chi connectivity index (χ4n) is 2.78. The number of ether oxygens (including phenoxy) is 2. The van der Waals surface area contributed by atoms with E-state index in [2.05, 4.69) is 43.7 Å². The number of nitrogens with zero attached hydrogens (tertiary/aromatic N) is 4. The van der Waals surface area contributed by atoms with Crippen molar-refractivity contribution in [3.63, 3.8) is 0 Å². The Balaban J connectivity index is 1.77. The van der Waals surface area contributed by atoms with Crippen LogP contribution in [0.2, 0.25) is 10.0 Å². The van der Waals surface area contributed by atoms with Crippen molar-refractivity contribution in [3.8, 4) is 11.5 Å². The molecule has 10 heteroatoms. The summed E-state index contributed by atoms with van der Waals surface area (Å²) in [4.78, 5) is 0. The van der Waals surface area contributed by atoms with Crippen LogP contribution in [0.3, 0.4) is 0 Å². The van der Waals surface area contributed by atoms with Gasteiger partial charge in [-0.25, -0.2) is 4.68 Å². The second-order valence-corrected chi connectivity index (χ2v) is 8.06. The molecule has 0 aliphatic carbocycles. The summed E-state index contributed by atoms with van der Waals surface area (Å²) in [5, 5.41) is 16.1. The third-order valence-electron chi connectivity index (χ3n) is 4.25. The summed E-state index contributed by atoms with van der Waals surface area (Å²) in [6, 6.07) is 9.17. The molecule has 1 heterocycles. The monoisotopic (exact) mass is 513 g/mol. The van der Waals surface area contributed by atoms with Gasteiger partial charge in [0, 0.05) is 33.2 Å². The van der Waals surface area contributed by atoms with Crippen molar-refractivity contribution in [2.45, 2.75) is 40.0 Å². The van der Waals surface area contributed by atoms with Crippen molar-refractivity contribution in [3.05, 3.63) is 56.0 Å². The molecule has 0 saturated carbocycles. The molecule has 7 nitrogen and oxygen atoms in total. The smallest absolute Gasteiger partial charge is 0.243 e. The lowest BCUT2D eigenvalue weighted by molar-refractivity contribution is 0.269. The molecule has 1 N–H and O–H groups in total. The molecular formula is C20H22BrCl2N5O2. The van der Waals surface area contributed by atoms with Crippen LogP contribution in [0.5, 0.6) is 11.5 Å². The fraction of sp³-hybridized carbons (Fsp3) is 0.350. The van der Waals surface area contributed by atoms with Crippen molar-refractivity contribution < 1.29 is 9.47 Å². The molecule has 0 radical (unpaired) electrons. The van der Waals surface area contributed by atoms with E-state index in [1.165, 1.54) is 0 Å². The van der Waals surface area contributed by atoms with E-state index in [9.17, 15) is 0 Å². The van der Waals surface area contributed by atoms with Crippen LogP contribution >= 0.6 is 39.1 Å². The van der Waals surface area contributed by atoms with Gasteiger partial charge in [0.15, 0.2) is 11.5 Å². The summed E-state index contributed by atoms with van der Waals surface area (Å²) >= 11 is 16.1. The summed E-state index contributed by atoms with van der Waals surface area (Å²) in [5.74, 6) is 1.85. The van der Waals surface area contributed by atoms with Crippen molar-refractivity contribution >= 4 is 45.1 Å². The minimum absolute atomic E-state index is 0.231. The standard InChI is InChI=1S/C20H22BrCl2N5O2/c1-3-8-28-20(25-26-27-28)24-11-13-9-18(29-4-2)19(10-15(13)21)30-12-14-16(22)6-5-7-17(14)23/h5-7,9-10H,3-4,8,11-12H2,1-2H3,(H,24,25,27). The van der Waals surface area contributed by atoms with E-state index in [0.29, 0.717) is 40.6 Å². The number of halogens is 3. The number of tetrazole rings is 1. The van der Waals surface area contributed by atoms with E-state index in [1.807, 2.05) is 19.1 Å². The molecule has 0 atom stereocenters. The average molecular weight is 515 g/mol. The zero-order valence-corrected chi connectivity index (χ0v) is 19.8. The molecule has 0 aliphatic heterocycles. The molecule has 0 unspecified atom stereocenters. The molecule has 160 valence electrons. The Hall–Kier alpha value is -2.03. The number of aryl methyl sites for hydroxylation is 1. The molecule has 30 heavy (non-hydrogen) atoms.